The molecule has 1 aromatic rings. The SMILES string of the molecule is NC[C@H](C[C@@H](N)c1ccccc1)C(F)(F)F. The van der Waals surface area contributed by atoms with E-state index in [0.717, 1.165) is 0 Å². The molecule has 0 amide bonds. The minimum absolute atomic E-state index is 0.177. The van der Waals surface area contributed by atoms with Gasteiger partial charge in [-0.1, -0.05) is 30.3 Å². The number of rotatable bonds is 4. The molecule has 2 nitrogen and oxygen atoms in total. The molecule has 0 saturated carbocycles. The maximum absolute atomic E-state index is 12.5. The molecular weight excluding hydrogens is 217 g/mol. The largest absolute Gasteiger partial charge is 0.393 e. The van der Waals surface area contributed by atoms with Crippen molar-refractivity contribution in [3.8, 4) is 0 Å². The highest BCUT2D eigenvalue weighted by atomic mass is 19.4. The van der Waals surface area contributed by atoms with Crippen molar-refractivity contribution in [2.75, 3.05) is 6.54 Å². The van der Waals surface area contributed by atoms with Crippen LogP contribution in [0.2, 0.25) is 0 Å². The molecule has 5 heteroatoms. The van der Waals surface area contributed by atoms with Gasteiger partial charge in [0.15, 0.2) is 0 Å². The summed E-state index contributed by atoms with van der Waals surface area (Å²) in [5.41, 5.74) is 11.5. The number of alkyl halides is 3. The third-order valence-electron chi connectivity index (χ3n) is 2.51. The molecule has 0 aliphatic heterocycles. The van der Waals surface area contributed by atoms with Crippen LogP contribution in [0, 0.1) is 5.92 Å². The van der Waals surface area contributed by atoms with Crippen LogP contribution in [0.4, 0.5) is 13.2 Å². The van der Waals surface area contributed by atoms with Crippen molar-refractivity contribution < 1.29 is 13.2 Å². The van der Waals surface area contributed by atoms with E-state index in [4.69, 9.17) is 11.5 Å². The number of benzene rings is 1. The molecule has 0 heterocycles. The molecule has 1 rings (SSSR count). The number of halogens is 3. The monoisotopic (exact) mass is 232 g/mol. The molecule has 0 aromatic heterocycles. The molecule has 0 aliphatic carbocycles. The average molecular weight is 232 g/mol. The number of hydrogen-bond acceptors (Lipinski definition) is 2. The molecule has 0 saturated heterocycles. The fourth-order valence-electron chi connectivity index (χ4n) is 1.51. The van der Waals surface area contributed by atoms with Crippen molar-refractivity contribution >= 4 is 0 Å². The van der Waals surface area contributed by atoms with Crippen molar-refractivity contribution in [3.05, 3.63) is 35.9 Å². The van der Waals surface area contributed by atoms with Crippen LogP contribution in [0.15, 0.2) is 30.3 Å². The first-order valence-corrected chi connectivity index (χ1v) is 5.02. The summed E-state index contributed by atoms with van der Waals surface area (Å²) in [5, 5.41) is 0. The van der Waals surface area contributed by atoms with Gasteiger partial charge in [0.1, 0.15) is 0 Å². The van der Waals surface area contributed by atoms with Crippen LogP contribution in [0.5, 0.6) is 0 Å². The summed E-state index contributed by atoms with van der Waals surface area (Å²) in [6.45, 7) is -0.427. The normalized spacial score (nSPS) is 15.8. The van der Waals surface area contributed by atoms with E-state index < -0.39 is 24.7 Å². The van der Waals surface area contributed by atoms with E-state index in [2.05, 4.69) is 0 Å². The highest BCUT2D eigenvalue weighted by Gasteiger charge is 2.39. The zero-order valence-corrected chi connectivity index (χ0v) is 8.74. The molecule has 0 bridgehead atoms. The van der Waals surface area contributed by atoms with Gasteiger partial charge in [0.05, 0.1) is 5.92 Å². The zero-order valence-electron chi connectivity index (χ0n) is 8.74. The zero-order chi connectivity index (χ0) is 12.2. The summed E-state index contributed by atoms with van der Waals surface area (Å²) in [4.78, 5) is 0. The first-order valence-electron chi connectivity index (χ1n) is 5.02. The Kier molecular flexibility index (Phi) is 4.32. The Labute approximate surface area is 92.4 Å². The molecule has 1 aromatic carbocycles. The van der Waals surface area contributed by atoms with E-state index in [1.54, 1.807) is 30.3 Å². The third kappa shape index (κ3) is 3.50. The van der Waals surface area contributed by atoms with Gasteiger partial charge in [0, 0.05) is 12.6 Å². The first kappa shape index (κ1) is 13.0. The predicted octanol–water partition coefficient (Wildman–Crippen LogP) is 2.21. The Morgan fingerprint density at radius 2 is 1.69 bits per heavy atom. The average Bonchev–Trinajstić information content (AvgIpc) is 2.25. The van der Waals surface area contributed by atoms with Gasteiger partial charge in [-0.15, -0.1) is 0 Å². The molecule has 16 heavy (non-hydrogen) atoms. The van der Waals surface area contributed by atoms with Crippen LogP contribution >= 0.6 is 0 Å². The van der Waals surface area contributed by atoms with Crippen molar-refractivity contribution in [2.24, 2.45) is 17.4 Å². The molecule has 0 unspecified atom stereocenters. The fraction of sp³-hybridized carbons (Fsp3) is 0.455. The number of hydrogen-bond donors (Lipinski definition) is 2. The summed E-state index contributed by atoms with van der Waals surface area (Å²) in [5.74, 6) is -1.54. The Morgan fingerprint density at radius 1 is 1.12 bits per heavy atom. The Balaban J connectivity index is 2.67. The lowest BCUT2D eigenvalue weighted by molar-refractivity contribution is -0.174. The second-order valence-corrected chi connectivity index (χ2v) is 3.73. The highest BCUT2D eigenvalue weighted by molar-refractivity contribution is 5.18. The first-order chi connectivity index (χ1) is 7.45. The molecule has 90 valence electrons. The second-order valence-electron chi connectivity index (χ2n) is 3.73. The van der Waals surface area contributed by atoms with Crippen LogP contribution < -0.4 is 11.5 Å². The third-order valence-corrected chi connectivity index (χ3v) is 2.51. The van der Waals surface area contributed by atoms with Crippen LogP contribution in [0.1, 0.15) is 18.0 Å². The lowest BCUT2D eigenvalue weighted by Gasteiger charge is -2.22. The van der Waals surface area contributed by atoms with Gasteiger partial charge in [0.2, 0.25) is 0 Å². The van der Waals surface area contributed by atoms with Crippen LogP contribution in [-0.2, 0) is 0 Å². The summed E-state index contributed by atoms with van der Waals surface area (Å²) in [7, 11) is 0. The Hall–Kier alpha value is -1.07. The minimum Gasteiger partial charge on any atom is -0.330 e. The van der Waals surface area contributed by atoms with Crippen molar-refractivity contribution in [1.29, 1.82) is 0 Å². The van der Waals surface area contributed by atoms with Crippen molar-refractivity contribution in [1.82, 2.24) is 0 Å². The molecule has 0 radical (unpaired) electrons. The van der Waals surface area contributed by atoms with Crippen LogP contribution in [-0.4, -0.2) is 12.7 Å². The second kappa shape index (κ2) is 5.32. The van der Waals surface area contributed by atoms with Gasteiger partial charge in [-0.25, -0.2) is 0 Å². The maximum atomic E-state index is 12.5. The van der Waals surface area contributed by atoms with Crippen molar-refractivity contribution in [3.63, 3.8) is 0 Å². The smallest absolute Gasteiger partial charge is 0.330 e. The van der Waals surface area contributed by atoms with Gasteiger partial charge in [-0.3, -0.25) is 0 Å². The predicted molar refractivity (Wildman–Crippen MR) is 56.6 cm³/mol. The summed E-state index contributed by atoms with van der Waals surface area (Å²) in [6, 6.07) is 8.10. The van der Waals surface area contributed by atoms with E-state index >= 15 is 0 Å². The van der Waals surface area contributed by atoms with E-state index in [0.29, 0.717) is 5.56 Å². The Morgan fingerprint density at radius 3 is 2.12 bits per heavy atom. The van der Waals surface area contributed by atoms with E-state index in [1.165, 1.54) is 0 Å². The molecule has 2 atom stereocenters. The van der Waals surface area contributed by atoms with Gasteiger partial charge in [-0.05, 0) is 12.0 Å². The van der Waals surface area contributed by atoms with Crippen LogP contribution in [0.3, 0.4) is 0 Å². The molecule has 0 spiro atoms. The lowest BCUT2D eigenvalue weighted by atomic mass is 9.95. The maximum Gasteiger partial charge on any atom is 0.393 e. The minimum atomic E-state index is -4.28. The summed E-state index contributed by atoms with van der Waals surface area (Å²) >= 11 is 0. The molecule has 4 N–H and O–H groups in total. The van der Waals surface area contributed by atoms with E-state index in [-0.39, 0.29) is 6.42 Å². The lowest BCUT2D eigenvalue weighted by Crippen LogP contribution is -2.33. The standard InChI is InChI=1S/C11H15F3N2/c12-11(13,14)9(7-15)6-10(16)8-4-2-1-3-5-8/h1-5,9-10H,6-7,15-16H2/t9-,10+/m0/s1. The molecule has 0 aliphatic rings. The quantitative estimate of drug-likeness (QED) is 0.836. The topological polar surface area (TPSA) is 52.0 Å². The van der Waals surface area contributed by atoms with Gasteiger partial charge < -0.3 is 11.5 Å². The summed E-state index contributed by atoms with van der Waals surface area (Å²) < 4.78 is 37.4. The van der Waals surface area contributed by atoms with Crippen LogP contribution in [0.25, 0.3) is 0 Å². The highest BCUT2D eigenvalue weighted by Crippen LogP contribution is 2.31. The van der Waals surface area contributed by atoms with Crippen molar-refractivity contribution in [2.45, 2.75) is 18.6 Å². The van der Waals surface area contributed by atoms with Gasteiger partial charge in [0.25, 0.3) is 0 Å². The van der Waals surface area contributed by atoms with E-state index in [1.807, 2.05) is 0 Å². The fourth-order valence-corrected chi connectivity index (χ4v) is 1.51. The van der Waals surface area contributed by atoms with E-state index in [9.17, 15) is 13.2 Å². The summed E-state index contributed by atoms with van der Waals surface area (Å²) in [6.07, 6.45) is -4.45. The Bertz CT molecular complexity index is 311. The molecular formula is C11H15F3N2. The molecule has 0 fully saturated rings. The number of nitrogens with two attached hydrogens (primary N) is 2. The van der Waals surface area contributed by atoms with Gasteiger partial charge >= 0.3 is 6.18 Å². The van der Waals surface area contributed by atoms with Gasteiger partial charge in [-0.2, -0.15) is 13.2 Å².